The fourth-order valence-corrected chi connectivity index (χ4v) is 3.16. The number of aromatic nitrogens is 2. The Bertz CT molecular complexity index is 1080. The Morgan fingerprint density at radius 1 is 1.17 bits per heavy atom. The number of carbonyl (C=O) groups is 1. The van der Waals surface area contributed by atoms with Gasteiger partial charge in [-0.2, -0.15) is 5.10 Å². The summed E-state index contributed by atoms with van der Waals surface area (Å²) in [7, 11) is 1.51. The van der Waals surface area contributed by atoms with Gasteiger partial charge in [0, 0.05) is 16.7 Å². The Balaban J connectivity index is 1.94. The van der Waals surface area contributed by atoms with Gasteiger partial charge in [-0.05, 0) is 37.6 Å². The molecule has 0 saturated carbocycles. The van der Waals surface area contributed by atoms with Gasteiger partial charge in [-0.15, -0.1) is 0 Å². The molecule has 1 N–H and O–H groups in total. The second-order valence-electron chi connectivity index (χ2n) is 6.63. The third-order valence-corrected chi connectivity index (χ3v) is 4.81. The Morgan fingerprint density at radius 2 is 1.90 bits per heavy atom. The van der Waals surface area contributed by atoms with Gasteiger partial charge in [0.05, 0.1) is 18.5 Å². The van der Waals surface area contributed by atoms with Crippen LogP contribution in [-0.4, -0.2) is 22.8 Å². The van der Waals surface area contributed by atoms with E-state index in [4.69, 9.17) is 16.3 Å². The number of aryl methyl sites for hydroxylation is 1. The average Bonchev–Trinajstić information content (AvgIpc) is 2.71. The van der Waals surface area contributed by atoms with E-state index >= 15 is 0 Å². The Labute approximate surface area is 174 Å². The number of ether oxygens (including phenoxy) is 1. The molecular weight excluding hydrogens is 390 g/mol. The minimum absolute atomic E-state index is 0.346. The molecule has 0 spiro atoms. The molecule has 0 aliphatic rings. The molecule has 7 heteroatoms. The van der Waals surface area contributed by atoms with Gasteiger partial charge in [-0.3, -0.25) is 9.59 Å². The fourth-order valence-electron chi connectivity index (χ4n) is 2.99. The summed E-state index contributed by atoms with van der Waals surface area (Å²) in [6.45, 7) is 3.83. The second-order valence-corrected chi connectivity index (χ2v) is 7.06. The summed E-state index contributed by atoms with van der Waals surface area (Å²) >= 11 is 6.04. The van der Waals surface area contributed by atoms with Gasteiger partial charge >= 0.3 is 0 Å². The lowest BCUT2D eigenvalue weighted by molar-refractivity contribution is -0.119. The number of methoxy groups -OCH3 is 1. The second kappa shape index (κ2) is 8.92. The number of halogens is 1. The molecule has 1 amide bonds. The zero-order valence-electron chi connectivity index (χ0n) is 16.5. The maximum absolute atomic E-state index is 13.0. The molecule has 2 aromatic carbocycles. The highest BCUT2D eigenvalue weighted by Gasteiger charge is 2.22. The van der Waals surface area contributed by atoms with Crippen molar-refractivity contribution < 1.29 is 9.53 Å². The monoisotopic (exact) mass is 411 g/mol. The molecule has 0 fully saturated rings. The Kier molecular flexibility index (Phi) is 6.34. The van der Waals surface area contributed by atoms with Crippen molar-refractivity contribution in [1.29, 1.82) is 0 Å². The van der Waals surface area contributed by atoms with Crippen molar-refractivity contribution in [2.24, 2.45) is 0 Å². The first-order chi connectivity index (χ1) is 13.9. The summed E-state index contributed by atoms with van der Waals surface area (Å²) in [5, 5.41) is 7.71. The van der Waals surface area contributed by atoms with Gasteiger partial charge in [-0.1, -0.05) is 48.4 Å². The van der Waals surface area contributed by atoms with Crippen LogP contribution in [0.25, 0.3) is 11.3 Å². The molecule has 1 atom stereocenters. The topological polar surface area (TPSA) is 73.2 Å². The lowest BCUT2D eigenvalue weighted by atomic mass is 10.1. The van der Waals surface area contributed by atoms with Crippen molar-refractivity contribution in [2.75, 3.05) is 12.4 Å². The number of anilines is 1. The smallest absolute Gasteiger partial charge is 0.267 e. The summed E-state index contributed by atoms with van der Waals surface area (Å²) in [6.07, 6.45) is 0.388. The molecule has 3 aromatic rings. The number of hydrogen-bond acceptors (Lipinski definition) is 4. The summed E-state index contributed by atoms with van der Waals surface area (Å²) in [4.78, 5) is 25.4. The summed E-state index contributed by atoms with van der Waals surface area (Å²) < 4.78 is 6.50. The predicted molar refractivity (Wildman–Crippen MR) is 115 cm³/mol. The normalized spacial score (nSPS) is 11.7. The molecule has 6 nitrogen and oxygen atoms in total. The number of nitrogens with one attached hydrogen (secondary N) is 1. The van der Waals surface area contributed by atoms with Crippen LogP contribution in [0.2, 0.25) is 5.02 Å². The van der Waals surface area contributed by atoms with Crippen molar-refractivity contribution in [3.8, 4) is 17.0 Å². The van der Waals surface area contributed by atoms with Gasteiger partial charge in [0.1, 0.15) is 11.8 Å². The highest BCUT2D eigenvalue weighted by Crippen LogP contribution is 2.28. The van der Waals surface area contributed by atoms with Crippen LogP contribution in [0.4, 0.5) is 5.69 Å². The quantitative estimate of drug-likeness (QED) is 0.649. The van der Waals surface area contributed by atoms with E-state index < -0.39 is 6.04 Å². The number of nitrogens with zero attached hydrogens (tertiary/aromatic N) is 2. The minimum atomic E-state index is -0.781. The molecule has 0 saturated heterocycles. The van der Waals surface area contributed by atoms with Gasteiger partial charge in [0.15, 0.2) is 0 Å². The third kappa shape index (κ3) is 4.66. The molecule has 1 unspecified atom stereocenters. The lowest BCUT2D eigenvalue weighted by Gasteiger charge is -2.18. The number of hydrogen-bond donors (Lipinski definition) is 1. The van der Waals surface area contributed by atoms with E-state index in [0.717, 1.165) is 11.1 Å². The van der Waals surface area contributed by atoms with E-state index in [0.29, 0.717) is 28.6 Å². The SMILES string of the molecule is CCC(C(=O)Nc1cc(Cl)ccc1OC)n1nc(-c2ccc(C)cc2)ccc1=O. The van der Waals surface area contributed by atoms with E-state index in [1.807, 2.05) is 38.1 Å². The molecule has 0 bridgehead atoms. The number of rotatable bonds is 6. The zero-order chi connectivity index (χ0) is 21.0. The van der Waals surface area contributed by atoms with E-state index in [1.165, 1.54) is 17.9 Å². The van der Waals surface area contributed by atoms with Crippen LogP contribution in [0, 0.1) is 6.92 Å². The first kappa shape index (κ1) is 20.6. The van der Waals surface area contributed by atoms with Crippen LogP contribution >= 0.6 is 11.6 Å². The number of carbonyl (C=O) groups excluding carboxylic acids is 1. The average molecular weight is 412 g/mol. The highest BCUT2D eigenvalue weighted by atomic mass is 35.5. The van der Waals surface area contributed by atoms with Gasteiger partial charge in [0.25, 0.3) is 5.56 Å². The molecule has 29 heavy (non-hydrogen) atoms. The molecular formula is C22H22ClN3O3. The molecule has 0 aliphatic carbocycles. The molecule has 0 aliphatic heterocycles. The van der Waals surface area contributed by atoms with Crippen molar-refractivity contribution in [2.45, 2.75) is 26.3 Å². The molecule has 1 heterocycles. The number of amides is 1. The molecule has 0 radical (unpaired) electrons. The molecule has 1 aromatic heterocycles. The van der Waals surface area contributed by atoms with Crippen LogP contribution in [0.1, 0.15) is 24.9 Å². The maximum atomic E-state index is 13.0. The van der Waals surface area contributed by atoms with Crippen LogP contribution in [-0.2, 0) is 4.79 Å². The zero-order valence-corrected chi connectivity index (χ0v) is 17.2. The van der Waals surface area contributed by atoms with E-state index in [2.05, 4.69) is 10.4 Å². The highest BCUT2D eigenvalue weighted by molar-refractivity contribution is 6.31. The van der Waals surface area contributed by atoms with E-state index in [1.54, 1.807) is 24.3 Å². The van der Waals surface area contributed by atoms with Gasteiger partial charge in [-0.25, -0.2) is 4.68 Å². The standard InChI is InChI=1S/C22H22ClN3O3/c1-4-19(22(28)24-18-13-16(23)9-11-20(18)29-3)26-21(27)12-10-17(25-26)15-7-5-14(2)6-8-15/h5-13,19H,4H2,1-3H3,(H,24,28). The fraction of sp³-hybridized carbons (Fsp3) is 0.227. The maximum Gasteiger partial charge on any atom is 0.267 e. The van der Waals surface area contributed by atoms with Crippen LogP contribution in [0.3, 0.4) is 0 Å². The van der Waals surface area contributed by atoms with Crippen molar-refractivity contribution in [3.05, 3.63) is 75.5 Å². The summed E-state index contributed by atoms with van der Waals surface area (Å²) in [5.74, 6) is 0.107. The van der Waals surface area contributed by atoms with Crippen molar-refractivity contribution in [3.63, 3.8) is 0 Å². The molecule has 3 rings (SSSR count). The first-order valence-corrected chi connectivity index (χ1v) is 9.62. The Morgan fingerprint density at radius 3 is 2.55 bits per heavy atom. The van der Waals surface area contributed by atoms with Crippen molar-refractivity contribution in [1.82, 2.24) is 9.78 Å². The molecule has 150 valence electrons. The lowest BCUT2D eigenvalue weighted by Crippen LogP contribution is -2.34. The van der Waals surface area contributed by atoms with Crippen LogP contribution in [0.15, 0.2) is 59.4 Å². The predicted octanol–water partition coefficient (Wildman–Crippen LogP) is 4.47. The number of benzene rings is 2. The summed E-state index contributed by atoms with van der Waals surface area (Å²) in [6, 6.07) is 15.1. The van der Waals surface area contributed by atoms with Crippen LogP contribution < -0.4 is 15.6 Å². The van der Waals surface area contributed by atoms with Crippen molar-refractivity contribution >= 4 is 23.2 Å². The van der Waals surface area contributed by atoms with Gasteiger partial charge < -0.3 is 10.1 Å². The van der Waals surface area contributed by atoms with E-state index in [-0.39, 0.29) is 11.5 Å². The Hall–Kier alpha value is -3.12. The first-order valence-electron chi connectivity index (χ1n) is 9.24. The third-order valence-electron chi connectivity index (χ3n) is 4.58. The van der Waals surface area contributed by atoms with E-state index in [9.17, 15) is 9.59 Å². The minimum Gasteiger partial charge on any atom is -0.495 e. The van der Waals surface area contributed by atoms with Crippen LogP contribution in [0.5, 0.6) is 5.75 Å². The summed E-state index contributed by atoms with van der Waals surface area (Å²) in [5.41, 5.74) is 2.71. The van der Waals surface area contributed by atoms with Gasteiger partial charge in [0.2, 0.25) is 5.91 Å². The largest absolute Gasteiger partial charge is 0.495 e.